The summed E-state index contributed by atoms with van der Waals surface area (Å²) in [5.41, 5.74) is 6.96. The lowest BCUT2D eigenvalue weighted by atomic mass is 10.2. The molecule has 0 saturated carbocycles. The van der Waals surface area contributed by atoms with Crippen LogP contribution in [0.1, 0.15) is 15.9 Å². The van der Waals surface area contributed by atoms with E-state index >= 15 is 0 Å². The molecule has 0 bridgehead atoms. The van der Waals surface area contributed by atoms with Crippen LogP contribution < -0.4 is 11.1 Å². The molecule has 21 heavy (non-hydrogen) atoms. The average Bonchev–Trinajstić information content (AvgIpc) is 2.48. The first kappa shape index (κ1) is 14.6. The van der Waals surface area contributed by atoms with Crippen LogP contribution in [0.3, 0.4) is 0 Å². The highest BCUT2D eigenvalue weighted by Crippen LogP contribution is 2.25. The predicted octanol–water partition coefficient (Wildman–Crippen LogP) is 2.72. The van der Waals surface area contributed by atoms with Gasteiger partial charge in [0.15, 0.2) is 0 Å². The summed E-state index contributed by atoms with van der Waals surface area (Å²) in [6.45, 7) is 0. The van der Waals surface area contributed by atoms with Gasteiger partial charge in [0.25, 0.3) is 0 Å². The van der Waals surface area contributed by atoms with Gasteiger partial charge in [-0.05, 0) is 24.3 Å². The van der Waals surface area contributed by atoms with Crippen molar-refractivity contribution >= 4 is 34.8 Å². The molecule has 0 amide bonds. The van der Waals surface area contributed by atoms with E-state index in [1.165, 1.54) is 19.4 Å². The van der Waals surface area contributed by atoms with Gasteiger partial charge >= 0.3 is 5.97 Å². The first-order valence-corrected chi connectivity index (χ1v) is 6.23. The van der Waals surface area contributed by atoms with Crippen molar-refractivity contribution in [1.82, 2.24) is 4.98 Å². The van der Waals surface area contributed by atoms with Gasteiger partial charge in [0.1, 0.15) is 11.9 Å². The number of hydrogen-bond acceptors (Lipinski definition) is 6. The van der Waals surface area contributed by atoms with Crippen LogP contribution in [0.15, 0.2) is 30.5 Å². The highest BCUT2D eigenvalue weighted by molar-refractivity contribution is 6.30. The molecule has 0 spiro atoms. The third-order valence-corrected chi connectivity index (χ3v) is 2.94. The van der Waals surface area contributed by atoms with Crippen molar-refractivity contribution in [2.24, 2.45) is 0 Å². The van der Waals surface area contributed by atoms with E-state index in [0.717, 1.165) is 0 Å². The summed E-state index contributed by atoms with van der Waals surface area (Å²) in [5, 5.41) is 12.5. The molecule has 0 unspecified atom stereocenters. The molecular formula is C14H11ClN4O2. The summed E-state index contributed by atoms with van der Waals surface area (Å²) in [7, 11) is 1.26. The minimum Gasteiger partial charge on any atom is -0.465 e. The van der Waals surface area contributed by atoms with Gasteiger partial charge in [-0.2, -0.15) is 5.26 Å². The maximum absolute atomic E-state index is 11.6. The average molecular weight is 303 g/mol. The zero-order valence-electron chi connectivity index (χ0n) is 11.1. The number of pyridine rings is 1. The number of nitrogens with two attached hydrogens (primary N) is 1. The molecule has 2 rings (SSSR count). The topological polar surface area (TPSA) is 101 Å². The fourth-order valence-corrected chi connectivity index (χ4v) is 1.85. The molecule has 0 aliphatic carbocycles. The number of benzene rings is 1. The number of esters is 1. The monoisotopic (exact) mass is 302 g/mol. The van der Waals surface area contributed by atoms with E-state index in [2.05, 4.69) is 15.0 Å². The largest absolute Gasteiger partial charge is 0.465 e. The van der Waals surface area contributed by atoms with E-state index in [1.54, 1.807) is 18.2 Å². The summed E-state index contributed by atoms with van der Waals surface area (Å²) in [4.78, 5) is 15.6. The number of nitrogens with one attached hydrogen (secondary N) is 1. The Morgan fingerprint density at radius 1 is 1.48 bits per heavy atom. The lowest BCUT2D eigenvalue weighted by Crippen LogP contribution is -2.07. The lowest BCUT2D eigenvalue weighted by molar-refractivity contribution is 0.0602. The summed E-state index contributed by atoms with van der Waals surface area (Å²) in [6.07, 6.45) is 1.34. The Bertz CT molecular complexity index is 740. The standard InChI is InChI=1S/C14H11ClN4O2/c1-21-14(20)10-5-13(18-7-11(10)17)19-12-4-9(15)3-2-8(12)6-16/h2-5,7H,17H2,1H3,(H,18,19). The number of halogens is 1. The molecular weight excluding hydrogens is 292 g/mol. The van der Waals surface area contributed by atoms with Crippen LogP contribution >= 0.6 is 11.6 Å². The number of rotatable bonds is 3. The molecule has 0 saturated heterocycles. The second-order valence-electron chi connectivity index (χ2n) is 4.08. The van der Waals surface area contributed by atoms with Crippen molar-refractivity contribution in [2.45, 2.75) is 0 Å². The normalized spacial score (nSPS) is 9.76. The van der Waals surface area contributed by atoms with Gasteiger partial charge < -0.3 is 15.8 Å². The number of nitriles is 1. The maximum atomic E-state index is 11.6. The van der Waals surface area contributed by atoms with Crippen LogP contribution in [0.25, 0.3) is 0 Å². The van der Waals surface area contributed by atoms with Crippen molar-refractivity contribution in [2.75, 3.05) is 18.2 Å². The number of nitrogen functional groups attached to an aromatic ring is 1. The van der Waals surface area contributed by atoms with E-state index in [0.29, 0.717) is 22.1 Å². The van der Waals surface area contributed by atoms with Crippen LogP contribution in [0.5, 0.6) is 0 Å². The first-order chi connectivity index (χ1) is 10.0. The quantitative estimate of drug-likeness (QED) is 0.845. The zero-order chi connectivity index (χ0) is 15.4. The first-order valence-electron chi connectivity index (χ1n) is 5.85. The number of aromatic nitrogens is 1. The molecule has 1 aromatic carbocycles. The number of methoxy groups -OCH3 is 1. The summed E-state index contributed by atoms with van der Waals surface area (Å²) < 4.78 is 4.64. The number of nitrogens with zero attached hydrogens (tertiary/aromatic N) is 2. The van der Waals surface area contributed by atoms with Gasteiger partial charge in [-0.25, -0.2) is 9.78 Å². The van der Waals surface area contributed by atoms with Crippen molar-refractivity contribution in [3.8, 4) is 6.07 Å². The van der Waals surface area contributed by atoms with Crippen LogP contribution in [-0.2, 0) is 4.74 Å². The maximum Gasteiger partial charge on any atom is 0.340 e. The predicted molar refractivity (Wildman–Crippen MR) is 79.4 cm³/mol. The fraction of sp³-hybridized carbons (Fsp3) is 0.0714. The molecule has 0 aliphatic rings. The second kappa shape index (κ2) is 6.11. The van der Waals surface area contributed by atoms with Crippen LogP contribution in [0.4, 0.5) is 17.2 Å². The van der Waals surface area contributed by atoms with Gasteiger partial charge in [-0.1, -0.05) is 11.6 Å². The molecule has 1 heterocycles. The molecule has 7 heteroatoms. The number of hydrogen-bond donors (Lipinski definition) is 2. The number of anilines is 3. The molecule has 0 fully saturated rings. The van der Waals surface area contributed by atoms with Gasteiger partial charge in [0, 0.05) is 5.02 Å². The van der Waals surface area contributed by atoms with E-state index < -0.39 is 5.97 Å². The molecule has 1 aromatic heterocycles. The van der Waals surface area contributed by atoms with Gasteiger partial charge in [0.2, 0.25) is 0 Å². The van der Waals surface area contributed by atoms with E-state index in [-0.39, 0.29) is 11.3 Å². The van der Waals surface area contributed by atoms with E-state index in [9.17, 15) is 4.79 Å². The molecule has 6 nitrogen and oxygen atoms in total. The minimum atomic E-state index is -0.565. The van der Waals surface area contributed by atoms with Gasteiger partial charge in [0.05, 0.1) is 35.8 Å². The number of carbonyl (C=O) groups excluding carboxylic acids is 1. The lowest BCUT2D eigenvalue weighted by Gasteiger charge is -2.10. The van der Waals surface area contributed by atoms with Gasteiger partial charge in [-0.15, -0.1) is 0 Å². The Morgan fingerprint density at radius 2 is 2.24 bits per heavy atom. The minimum absolute atomic E-state index is 0.190. The van der Waals surface area contributed by atoms with Crippen molar-refractivity contribution in [1.29, 1.82) is 5.26 Å². The van der Waals surface area contributed by atoms with Gasteiger partial charge in [-0.3, -0.25) is 0 Å². The Hall–Kier alpha value is -2.78. The molecule has 2 aromatic rings. The summed E-state index contributed by atoms with van der Waals surface area (Å²) in [6, 6.07) is 8.28. The van der Waals surface area contributed by atoms with Crippen LogP contribution in [0.2, 0.25) is 5.02 Å². The Morgan fingerprint density at radius 3 is 2.90 bits per heavy atom. The Labute approximate surface area is 126 Å². The summed E-state index contributed by atoms with van der Waals surface area (Å²) in [5.74, 6) is -0.215. The molecule has 106 valence electrons. The second-order valence-corrected chi connectivity index (χ2v) is 4.51. The fourth-order valence-electron chi connectivity index (χ4n) is 1.68. The SMILES string of the molecule is COC(=O)c1cc(Nc2cc(Cl)ccc2C#N)ncc1N. The van der Waals surface area contributed by atoms with Crippen molar-refractivity contribution in [3.05, 3.63) is 46.6 Å². The van der Waals surface area contributed by atoms with Crippen LogP contribution in [0, 0.1) is 11.3 Å². The molecule has 0 radical (unpaired) electrons. The highest BCUT2D eigenvalue weighted by atomic mass is 35.5. The molecule has 0 atom stereocenters. The highest BCUT2D eigenvalue weighted by Gasteiger charge is 2.12. The smallest absolute Gasteiger partial charge is 0.340 e. The zero-order valence-corrected chi connectivity index (χ0v) is 11.8. The Balaban J connectivity index is 2.39. The third kappa shape index (κ3) is 3.22. The number of ether oxygens (including phenoxy) is 1. The van der Waals surface area contributed by atoms with Crippen molar-refractivity contribution in [3.63, 3.8) is 0 Å². The van der Waals surface area contributed by atoms with Crippen LogP contribution in [-0.4, -0.2) is 18.1 Å². The van der Waals surface area contributed by atoms with Crippen molar-refractivity contribution < 1.29 is 9.53 Å². The van der Waals surface area contributed by atoms with E-state index in [4.69, 9.17) is 22.6 Å². The third-order valence-electron chi connectivity index (χ3n) is 2.70. The molecule has 3 N–H and O–H groups in total. The summed E-state index contributed by atoms with van der Waals surface area (Å²) >= 11 is 5.91. The molecule has 0 aliphatic heterocycles. The Kier molecular flexibility index (Phi) is 4.26. The number of carbonyl (C=O) groups is 1. The van der Waals surface area contributed by atoms with E-state index in [1.807, 2.05) is 6.07 Å².